The molecule has 158 valence electrons. The van der Waals surface area contributed by atoms with Gasteiger partial charge in [-0.05, 0) is 30.2 Å². The number of carbonyl (C=O) groups is 1. The zero-order valence-electron chi connectivity index (χ0n) is 17.8. The van der Waals surface area contributed by atoms with Crippen LogP contribution < -0.4 is 9.88 Å². The fourth-order valence-corrected chi connectivity index (χ4v) is 4.06. The minimum absolute atomic E-state index is 0.00171. The van der Waals surface area contributed by atoms with E-state index >= 15 is 0 Å². The number of nitrogens with zero attached hydrogens (tertiary/aromatic N) is 2. The largest absolute Gasteiger partial charge is 0.508 e. The van der Waals surface area contributed by atoms with E-state index in [9.17, 15) is 9.90 Å². The maximum atomic E-state index is 13.3. The molecule has 0 saturated carbocycles. The van der Waals surface area contributed by atoms with Crippen LogP contribution in [0, 0.1) is 6.92 Å². The van der Waals surface area contributed by atoms with Crippen molar-refractivity contribution >= 4 is 11.7 Å². The second-order valence-corrected chi connectivity index (χ2v) is 8.23. The van der Waals surface area contributed by atoms with E-state index in [0.717, 1.165) is 33.9 Å². The highest BCUT2D eigenvalue weighted by molar-refractivity contribution is 5.82. The molecule has 1 unspecified atom stereocenters. The predicted octanol–water partition coefficient (Wildman–Crippen LogP) is 4.32. The van der Waals surface area contributed by atoms with Crippen molar-refractivity contribution in [3.8, 4) is 17.0 Å². The first-order valence-electron chi connectivity index (χ1n) is 10.7. The molecule has 5 nitrogen and oxygen atoms in total. The Labute approximate surface area is 187 Å². The lowest BCUT2D eigenvalue weighted by molar-refractivity contribution is -0.552. The van der Waals surface area contributed by atoms with Gasteiger partial charge in [0.15, 0.2) is 6.04 Å². The molecule has 1 aliphatic rings. The Morgan fingerprint density at radius 2 is 1.66 bits per heavy atom. The first kappa shape index (κ1) is 19.9. The van der Waals surface area contributed by atoms with Crippen molar-refractivity contribution in [3.63, 3.8) is 0 Å². The monoisotopic (exact) mass is 422 g/mol. The molecule has 4 aromatic rings. The summed E-state index contributed by atoms with van der Waals surface area (Å²) in [5, 5.41) is 13.0. The number of phenols is 1. The number of hydrogen-bond donors (Lipinski definition) is 2. The van der Waals surface area contributed by atoms with E-state index in [0.29, 0.717) is 12.8 Å². The Hall–Kier alpha value is -3.99. The zero-order valence-corrected chi connectivity index (χ0v) is 17.8. The van der Waals surface area contributed by atoms with Crippen LogP contribution in [0.1, 0.15) is 27.2 Å². The van der Waals surface area contributed by atoms with Crippen LogP contribution in [0.3, 0.4) is 0 Å². The van der Waals surface area contributed by atoms with Gasteiger partial charge in [0.05, 0.1) is 0 Å². The number of hydrogen-bond acceptors (Lipinski definition) is 4. The number of aromatic nitrogens is 2. The Kier molecular flexibility index (Phi) is 5.15. The van der Waals surface area contributed by atoms with Gasteiger partial charge in [0.1, 0.15) is 23.3 Å². The van der Waals surface area contributed by atoms with E-state index in [1.165, 1.54) is 5.56 Å². The van der Waals surface area contributed by atoms with Crippen LogP contribution in [0.2, 0.25) is 0 Å². The van der Waals surface area contributed by atoms with Crippen molar-refractivity contribution in [3.05, 3.63) is 107 Å². The molecule has 1 aromatic heterocycles. The van der Waals surface area contributed by atoms with Crippen LogP contribution in [-0.4, -0.2) is 22.0 Å². The molecule has 0 fully saturated rings. The molecule has 0 bridgehead atoms. The number of anilines is 1. The second kappa shape index (κ2) is 8.27. The molecule has 0 radical (unpaired) electrons. The van der Waals surface area contributed by atoms with Gasteiger partial charge in [-0.25, -0.2) is 9.78 Å². The molecule has 5 heteroatoms. The smallest absolute Gasteiger partial charge is 0.359 e. The SMILES string of the molecule is Cc1ccc(-c2c[n+]3c(c(Cc4ccccc4)n2)NC(Cc2ccc(O)cc2)C3=O)cc1. The molecule has 32 heavy (non-hydrogen) atoms. The highest BCUT2D eigenvalue weighted by Gasteiger charge is 2.41. The number of phenolic OH excluding ortho intramolecular Hbond substituents is 1. The topological polar surface area (TPSA) is 66.1 Å². The van der Waals surface area contributed by atoms with Gasteiger partial charge in [0.25, 0.3) is 0 Å². The van der Waals surface area contributed by atoms with Crippen LogP contribution in [0.25, 0.3) is 11.3 Å². The molecule has 1 atom stereocenters. The summed E-state index contributed by atoms with van der Waals surface area (Å²) in [7, 11) is 0. The lowest BCUT2D eigenvalue weighted by Gasteiger charge is -2.07. The molecule has 1 aliphatic heterocycles. The number of rotatable bonds is 5. The Morgan fingerprint density at radius 3 is 2.38 bits per heavy atom. The molecule has 2 N–H and O–H groups in total. The van der Waals surface area contributed by atoms with Crippen molar-refractivity contribution in [1.82, 2.24) is 4.98 Å². The summed E-state index contributed by atoms with van der Waals surface area (Å²) in [6.45, 7) is 2.05. The van der Waals surface area contributed by atoms with Crippen molar-refractivity contribution in [2.45, 2.75) is 25.8 Å². The fourth-order valence-electron chi connectivity index (χ4n) is 4.06. The molecule has 3 aromatic carbocycles. The van der Waals surface area contributed by atoms with E-state index in [2.05, 4.69) is 36.5 Å². The van der Waals surface area contributed by atoms with E-state index in [4.69, 9.17) is 4.98 Å². The second-order valence-electron chi connectivity index (χ2n) is 8.23. The van der Waals surface area contributed by atoms with Gasteiger partial charge >= 0.3 is 11.7 Å². The number of benzene rings is 3. The van der Waals surface area contributed by atoms with E-state index in [1.807, 2.05) is 48.7 Å². The van der Waals surface area contributed by atoms with Crippen LogP contribution in [-0.2, 0) is 12.8 Å². The third-order valence-electron chi connectivity index (χ3n) is 5.81. The molecule has 5 rings (SSSR count). The summed E-state index contributed by atoms with van der Waals surface area (Å²) < 4.78 is 1.71. The standard InChI is InChI=1S/C27H23N3O2/c1-18-7-11-21(12-8-18)25-17-30-26(23(28-25)15-19-5-3-2-4-6-19)29-24(27(30)32)16-20-9-13-22(31)14-10-20/h2-14,17,24,31H,15-16H2,1H3/p+1. The van der Waals surface area contributed by atoms with Crippen LogP contribution in [0.4, 0.5) is 5.82 Å². The highest BCUT2D eigenvalue weighted by atomic mass is 16.3. The molecule has 0 saturated heterocycles. The predicted molar refractivity (Wildman–Crippen MR) is 124 cm³/mol. The average molecular weight is 423 g/mol. The number of nitrogens with one attached hydrogen (secondary N) is 1. The van der Waals surface area contributed by atoms with Crippen LogP contribution in [0.15, 0.2) is 85.1 Å². The summed E-state index contributed by atoms with van der Waals surface area (Å²) in [5.74, 6) is 0.964. The summed E-state index contributed by atoms with van der Waals surface area (Å²) >= 11 is 0. The molecule has 2 heterocycles. The van der Waals surface area contributed by atoms with Crippen molar-refractivity contribution < 1.29 is 14.5 Å². The molecule has 0 aliphatic carbocycles. The minimum Gasteiger partial charge on any atom is -0.508 e. The van der Waals surface area contributed by atoms with E-state index < -0.39 is 0 Å². The minimum atomic E-state index is -0.385. The van der Waals surface area contributed by atoms with Gasteiger partial charge in [-0.15, -0.1) is 0 Å². The number of fused-ring (bicyclic) bond motifs is 1. The summed E-state index contributed by atoms with van der Waals surface area (Å²) in [6, 6.07) is 24.9. The van der Waals surface area contributed by atoms with Gasteiger partial charge in [0.2, 0.25) is 0 Å². The van der Waals surface area contributed by atoms with Crippen molar-refractivity contribution in [2.75, 3.05) is 5.32 Å². The molecule has 0 spiro atoms. The van der Waals surface area contributed by atoms with E-state index in [-0.39, 0.29) is 17.7 Å². The number of carbonyl (C=O) groups excluding carboxylic acids is 1. The lowest BCUT2D eigenvalue weighted by Crippen LogP contribution is -2.44. The first-order valence-corrected chi connectivity index (χ1v) is 10.7. The number of aryl methyl sites for hydroxylation is 1. The van der Waals surface area contributed by atoms with Gasteiger partial charge in [-0.3, -0.25) is 5.32 Å². The zero-order chi connectivity index (χ0) is 22.1. The van der Waals surface area contributed by atoms with Crippen molar-refractivity contribution in [2.24, 2.45) is 0 Å². The number of aromatic hydroxyl groups is 1. The Bertz CT molecular complexity index is 1270. The summed E-state index contributed by atoms with van der Waals surface area (Å²) in [5.41, 5.74) is 5.91. The molecular formula is C27H24N3O2+. The first-order chi connectivity index (χ1) is 15.6. The quantitative estimate of drug-likeness (QED) is 0.470. The summed E-state index contributed by atoms with van der Waals surface area (Å²) in [4.78, 5) is 18.3. The normalized spacial score (nSPS) is 14.8. The Morgan fingerprint density at radius 1 is 0.938 bits per heavy atom. The Balaban J connectivity index is 1.53. The summed E-state index contributed by atoms with van der Waals surface area (Å²) in [6.07, 6.45) is 2.99. The van der Waals surface area contributed by atoms with E-state index in [1.54, 1.807) is 16.7 Å². The van der Waals surface area contributed by atoms with Crippen LogP contribution >= 0.6 is 0 Å². The maximum absolute atomic E-state index is 13.3. The lowest BCUT2D eigenvalue weighted by atomic mass is 10.1. The molecule has 0 amide bonds. The fraction of sp³-hybridized carbons (Fsp3) is 0.148. The molecular weight excluding hydrogens is 398 g/mol. The maximum Gasteiger partial charge on any atom is 0.359 e. The average Bonchev–Trinajstić information content (AvgIpc) is 3.12. The van der Waals surface area contributed by atoms with Crippen LogP contribution in [0.5, 0.6) is 5.75 Å². The van der Waals surface area contributed by atoms with Gasteiger partial charge in [0, 0.05) is 18.4 Å². The van der Waals surface area contributed by atoms with Crippen molar-refractivity contribution in [1.29, 1.82) is 0 Å². The highest BCUT2D eigenvalue weighted by Crippen LogP contribution is 2.25. The third kappa shape index (κ3) is 3.97. The third-order valence-corrected chi connectivity index (χ3v) is 5.81. The van der Waals surface area contributed by atoms with Gasteiger partial charge in [-0.1, -0.05) is 72.3 Å². The van der Waals surface area contributed by atoms with Gasteiger partial charge < -0.3 is 5.11 Å². The van der Waals surface area contributed by atoms with Gasteiger partial charge in [-0.2, -0.15) is 4.57 Å².